The lowest BCUT2D eigenvalue weighted by Gasteiger charge is -2.09. The van der Waals surface area contributed by atoms with Gasteiger partial charge >= 0.3 is 5.97 Å². The summed E-state index contributed by atoms with van der Waals surface area (Å²) in [5.41, 5.74) is 4.41. The Morgan fingerprint density at radius 1 is 1.06 bits per heavy atom. The number of aliphatic hydroxyl groups excluding tert-OH is 1. The number of fused-ring (bicyclic) bond motifs is 1. The number of methoxy groups -OCH3 is 1. The Balaban J connectivity index is 1.49. The summed E-state index contributed by atoms with van der Waals surface area (Å²) in [5, 5.41) is 14.3. The number of hydrogen-bond donors (Lipinski definition) is 1. The second kappa shape index (κ2) is 9.62. The Morgan fingerprint density at radius 3 is 2.56 bits per heavy atom. The average Bonchev–Trinajstić information content (AvgIpc) is 3.23. The zero-order valence-corrected chi connectivity index (χ0v) is 18.0. The van der Waals surface area contributed by atoms with E-state index in [4.69, 9.17) is 14.0 Å². The maximum Gasteiger partial charge on any atom is 0.356 e. The average molecular weight is 432 g/mol. The number of aromatic nitrogens is 2. The minimum Gasteiger partial charge on any atom is -0.489 e. The zero-order valence-electron chi connectivity index (χ0n) is 18.0. The standard InChI is InChI=1S/C25H24N2O5/c1-3-4-24-20(23(14-28)27-32-24)15-31-19-9-5-16(6-10-19)17-7-11-21-18(13-17)8-12-22(26-21)25(29)30-2/h5-13,28H,3-4,14-15H2,1-2H3. The van der Waals surface area contributed by atoms with Gasteiger partial charge < -0.3 is 19.1 Å². The van der Waals surface area contributed by atoms with Crippen molar-refractivity contribution < 1.29 is 23.9 Å². The minimum absolute atomic E-state index is 0.178. The summed E-state index contributed by atoms with van der Waals surface area (Å²) in [5.74, 6) is 1.02. The maximum atomic E-state index is 11.7. The highest BCUT2D eigenvalue weighted by Crippen LogP contribution is 2.27. The Kier molecular flexibility index (Phi) is 6.47. The van der Waals surface area contributed by atoms with Crippen molar-refractivity contribution in [1.82, 2.24) is 10.1 Å². The molecule has 0 saturated heterocycles. The summed E-state index contributed by atoms with van der Waals surface area (Å²) in [6.07, 6.45) is 1.68. The molecule has 32 heavy (non-hydrogen) atoms. The molecule has 4 aromatic rings. The molecule has 7 nitrogen and oxygen atoms in total. The molecule has 0 radical (unpaired) electrons. The monoisotopic (exact) mass is 432 g/mol. The van der Waals surface area contributed by atoms with Gasteiger partial charge in [-0.1, -0.05) is 36.3 Å². The minimum atomic E-state index is -0.453. The van der Waals surface area contributed by atoms with Crippen molar-refractivity contribution >= 4 is 16.9 Å². The van der Waals surface area contributed by atoms with E-state index in [1.165, 1.54) is 7.11 Å². The molecule has 2 aromatic carbocycles. The van der Waals surface area contributed by atoms with Crippen molar-refractivity contribution in [3.8, 4) is 16.9 Å². The second-order valence-electron chi connectivity index (χ2n) is 7.35. The van der Waals surface area contributed by atoms with Crippen LogP contribution in [0.15, 0.2) is 59.1 Å². The number of aliphatic hydroxyl groups is 1. The first-order valence-electron chi connectivity index (χ1n) is 10.4. The van der Waals surface area contributed by atoms with E-state index in [0.29, 0.717) is 11.4 Å². The van der Waals surface area contributed by atoms with Gasteiger partial charge in [0.15, 0.2) is 0 Å². The number of rotatable bonds is 8. The van der Waals surface area contributed by atoms with E-state index in [9.17, 15) is 9.90 Å². The van der Waals surface area contributed by atoms with Crippen molar-refractivity contribution in [3.05, 3.63) is 77.3 Å². The summed E-state index contributed by atoms with van der Waals surface area (Å²) in [4.78, 5) is 16.0. The van der Waals surface area contributed by atoms with Crippen molar-refractivity contribution in [1.29, 1.82) is 0 Å². The molecule has 0 spiro atoms. The van der Waals surface area contributed by atoms with E-state index < -0.39 is 5.97 Å². The van der Waals surface area contributed by atoms with Gasteiger partial charge in [0.05, 0.1) is 24.8 Å². The van der Waals surface area contributed by atoms with Crippen molar-refractivity contribution in [2.75, 3.05) is 7.11 Å². The van der Waals surface area contributed by atoms with Crippen molar-refractivity contribution in [2.24, 2.45) is 0 Å². The fourth-order valence-electron chi connectivity index (χ4n) is 3.52. The number of hydrogen-bond acceptors (Lipinski definition) is 7. The van der Waals surface area contributed by atoms with Gasteiger partial charge in [-0.2, -0.15) is 0 Å². The van der Waals surface area contributed by atoms with Gasteiger partial charge in [-0.15, -0.1) is 0 Å². The summed E-state index contributed by atoms with van der Waals surface area (Å²) in [6, 6.07) is 17.2. The molecule has 1 N–H and O–H groups in total. The first-order valence-corrected chi connectivity index (χ1v) is 10.4. The molecular formula is C25H24N2O5. The summed E-state index contributed by atoms with van der Waals surface area (Å²) in [7, 11) is 1.34. The molecule has 4 rings (SSSR count). The van der Waals surface area contributed by atoms with Crippen LogP contribution in [0.25, 0.3) is 22.0 Å². The fraction of sp³-hybridized carbons (Fsp3) is 0.240. The molecule has 0 aliphatic carbocycles. The van der Waals surface area contributed by atoms with E-state index in [1.54, 1.807) is 6.07 Å². The molecule has 0 aliphatic rings. The third-order valence-corrected chi connectivity index (χ3v) is 5.23. The number of ether oxygens (including phenoxy) is 2. The smallest absolute Gasteiger partial charge is 0.356 e. The van der Waals surface area contributed by atoms with Crippen molar-refractivity contribution in [2.45, 2.75) is 33.0 Å². The molecular weight excluding hydrogens is 408 g/mol. The molecule has 164 valence electrons. The maximum absolute atomic E-state index is 11.7. The van der Waals surface area contributed by atoms with Crippen LogP contribution < -0.4 is 4.74 Å². The number of esters is 1. The normalized spacial score (nSPS) is 11.0. The number of benzene rings is 2. The van der Waals surface area contributed by atoms with E-state index in [2.05, 4.69) is 17.1 Å². The lowest BCUT2D eigenvalue weighted by Crippen LogP contribution is -2.03. The molecule has 7 heteroatoms. The summed E-state index contributed by atoms with van der Waals surface area (Å²) >= 11 is 0. The number of carbonyl (C=O) groups is 1. The van der Waals surface area contributed by atoms with Crippen LogP contribution in [0.4, 0.5) is 0 Å². The number of aryl methyl sites for hydroxylation is 1. The molecule has 0 amide bonds. The van der Waals surface area contributed by atoms with E-state index >= 15 is 0 Å². The second-order valence-corrected chi connectivity index (χ2v) is 7.35. The van der Waals surface area contributed by atoms with E-state index in [-0.39, 0.29) is 18.9 Å². The molecule has 0 fully saturated rings. The predicted octanol–water partition coefficient (Wildman–Crippen LogP) is 4.70. The topological polar surface area (TPSA) is 94.7 Å². The largest absolute Gasteiger partial charge is 0.489 e. The highest BCUT2D eigenvalue weighted by Gasteiger charge is 2.15. The number of pyridine rings is 1. The fourth-order valence-corrected chi connectivity index (χ4v) is 3.52. The molecule has 2 aromatic heterocycles. The lowest BCUT2D eigenvalue weighted by molar-refractivity contribution is 0.0594. The van der Waals surface area contributed by atoms with Gasteiger partial charge in [-0.3, -0.25) is 0 Å². The molecule has 0 aliphatic heterocycles. The molecule has 0 atom stereocenters. The van der Waals surface area contributed by atoms with Crippen LogP contribution in [0.2, 0.25) is 0 Å². The Morgan fingerprint density at radius 2 is 1.84 bits per heavy atom. The predicted molar refractivity (Wildman–Crippen MR) is 119 cm³/mol. The number of nitrogens with zero attached hydrogens (tertiary/aromatic N) is 2. The lowest BCUT2D eigenvalue weighted by atomic mass is 10.0. The van der Waals surface area contributed by atoms with Crippen LogP contribution in [-0.2, 0) is 24.4 Å². The Bertz CT molecular complexity index is 1230. The number of carbonyl (C=O) groups excluding carboxylic acids is 1. The van der Waals surface area contributed by atoms with Crippen molar-refractivity contribution in [3.63, 3.8) is 0 Å². The van der Waals surface area contributed by atoms with E-state index in [1.807, 2.05) is 48.5 Å². The Labute approximate surface area is 185 Å². The Hall–Kier alpha value is -3.71. The van der Waals surface area contributed by atoms with Gasteiger partial charge in [-0.05, 0) is 47.9 Å². The molecule has 0 unspecified atom stereocenters. The van der Waals surface area contributed by atoms with Crippen LogP contribution in [-0.4, -0.2) is 28.3 Å². The summed E-state index contributed by atoms with van der Waals surface area (Å²) in [6.45, 7) is 2.17. The van der Waals surface area contributed by atoms with Crippen LogP contribution >= 0.6 is 0 Å². The third-order valence-electron chi connectivity index (χ3n) is 5.23. The van der Waals surface area contributed by atoms with E-state index in [0.717, 1.165) is 46.2 Å². The van der Waals surface area contributed by atoms with Gasteiger partial charge in [0, 0.05) is 11.8 Å². The van der Waals surface area contributed by atoms with Gasteiger partial charge in [0.25, 0.3) is 0 Å². The van der Waals surface area contributed by atoms with Gasteiger partial charge in [0.2, 0.25) is 0 Å². The molecule has 0 saturated carbocycles. The SMILES string of the molecule is CCCc1onc(CO)c1COc1ccc(-c2ccc3nc(C(=O)OC)ccc3c2)cc1. The quantitative estimate of drug-likeness (QED) is 0.403. The zero-order chi connectivity index (χ0) is 22.5. The van der Waals surface area contributed by atoms with Gasteiger partial charge in [0.1, 0.15) is 29.5 Å². The third kappa shape index (κ3) is 4.48. The van der Waals surface area contributed by atoms with Gasteiger partial charge in [-0.25, -0.2) is 9.78 Å². The summed E-state index contributed by atoms with van der Waals surface area (Å²) < 4.78 is 16.0. The van der Waals surface area contributed by atoms with Crippen LogP contribution in [0.1, 0.15) is 40.9 Å². The molecule has 2 heterocycles. The first kappa shape index (κ1) is 21.5. The highest BCUT2D eigenvalue weighted by molar-refractivity contribution is 5.92. The highest BCUT2D eigenvalue weighted by atomic mass is 16.5. The van der Waals surface area contributed by atoms with Crippen LogP contribution in [0, 0.1) is 0 Å². The van der Waals surface area contributed by atoms with Crippen LogP contribution in [0.3, 0.4) is 0 Å². The molecule has 0 bridgehead atoms. The first-order chi connectivity index (χ1) is 15.6. The van der Waals surface area contributed by atoms with Crippen LogP contribution in [0.5, 0.6) is 5.75 Å².